The highest BCUT2D eigenvalue weighted by Crippen LogP contribution is 2.17. The summed E-state index contributed by atoms with van der Waals surface area (Å²) in [5, 5.41) is 3.41. The quantitative estimate of drug-likeness (QED) is 0.790. The first kappa shape index (κ1) is 21.4. The Kier molecular flexibility index (Phi) is 9.25. The smallest absolute Gasteiger partial charge is 0.249 e. The monoisotopic (exact) mass is 389 g/mol. The lowest BCUT2D eigenvalue weighted by molar-refractivity contribution is -0.140. The second-order valence-corrected chi connectivity index (χ2v) is 6.66. The topological polar surface area (TPSA) is 54.5 Å². The fourth-order valence-corrected chi connectivity index (χ4v) is 3.31. The summed E-state index contributed by atoms with van der Waals surface area (Å²) >= 11 is 0. The number of rotatable bonds is 7. The summed E-state index contributed by atoms with van der Waals surface area (Å²) < 4.78 is 5.69. The van der Waals surface area contributed by atoms with Gasteiger partial charge in [0.05, 0.1) is 18.8 Å². The first-order valence-corrected chi connectivity index (χ1v) is 9.34. The Morgan fingerprint density at radius 3 is 2.70 bits per heavy atom. The number of nitrogens with one attached hydrogen (secondary N) is 1. The van der Waals surface area contributed by atoms with E-state index in [9.17, 15) is 4.79 Å². The van der Waals surface area contributed by atoms with E-state index in [-0.39, 0.29) is 31.0 Å². The third-order valence-corrected chi connectivity index (χ3v) is 4.70. The predicted molar refractivity (Wildman–Crippen MR) is 109 cm³/mol. The van der Waals surface area contributed by atoms with E-state index in [0.29, 0.717) is 13.2 Å². The van der Waals surface area contributed by atoms with Gasteiger partial charge >= 0.3 is 0 Å². The molecular formula is C21H28ClN3O2. The van der Waals surface area contributed by atoms with Crippen molar-refractivity contribution in [1.29, 1.82) is 0 Å². The Morgan fingerprint density at radius 1 is 1.11 bits per heavy atom. The van der Waals surface area contributed by atoms with Crippen molar-refractivity contribution in [2.45, 2.75) is 38.5 Å². The van der Waals surface area contributed by atoms with Crippen molar-refractivity contribution in [3.63, 3.8) is 0 Å². The van der Waals surface area contributed by atoms with Gasteiger partial charge in [-0.05, 0) is 50.0 Å². The number of hydrogen-bond acceptors (Lipinski definition) is 4. The zero-order chi connectivity index (χ0) is 18.0. The van der Waals surface area contributed by atoms with E-state index < -0.39 is 0 Å². The van der Waals surface area contributed by atoms with Crippen LogP contribution in [0.15, 0.2) is 54.7 Å². The van der Waals surface area contributed by atoms with Gasteiger partial charge in [-0.2, -0.15) is 0 Å². The van der Waals surface area contributed by atoms with Gasteiger partial charge in [0.2, 0.25) is 5.91 Å². The molecule has 6 heteroatoms. The maximum atomic E-state index is 12.9. The van der Waals surface area contributed by atoms with Crippen molar-refractivity contribution in [2.24, 2.45) is 0 Å². The Morgan fingerprint density at radius 2 is 1.93 bits per heavy atom. The molecule has 1 fully saturated rings. The van der Waals surface area contributed by atoms with Crippen LogP contribution in [-0.2, 0) is 22.7 Å². The summed E-state index contributed by atoms with van der Waals surface area (Å²) in [6.07, 6.45) is 4.85. The van der Waals surface area contributed by atoms with E-state index in [1.807, 2.05) is 53.4 Å². The number of hydrogen-bond donors (Lipinski definition) is 1. The fraction of sp³-hybridized carbons (Fsp3) is 0.429. The highest BCUT2D eigenvalue weighted by atomic mass is 35.5. The molecule has 146 valence electrons. The van der Waals surface area contributed by atoms with Crippen molar-refractivity contribution in [3.05, 3.63) is 66.0 Å². The summed E-state index contributed by atoms with van der Waals surface area (Å²) in [7, 11) is 0. The van der Waals surface area contributed by atoms with Gasteiger partial charge in [0.1, 0.15) is 6.61 Å². The van der Waals surface area contributed by atoms with E-state index >= 15 is 0 Å². The highest BCUT2D eigenvalue weighted by Gasteiger charge is 2.25. The molecule has 0 radical (unpaired) electrons. The lowest BCUT2D eigenvalue weighted by Gasteiger charge is -2.31. The lowest BCUT2D eigenvalue weighted by Crippen LogP contribution is -2.42. The average molecular weight is 390 g/mol. The molecule has 1 unspecified atom stereocenters. The van der Waals surface area contributed by atoms with Crippen LogP contribution in [0.1, 0.15) is 30.5 Å². The van der Waals surface area contributed by atoms with Gasteiger partial charge in [0.15, 0.2) is 0 Å². The maximum Gasteiger partial charge on any atom is 0.249 e. The molecule has 0 bridgehead atoms. The average Bonchev–Trinajstić information content (AvgIpc) is 2.97. The van der Waals surface area contributed by atoms with E-state index in [0.717, 1.165) is 43.6 Å². The third-order valence-electron chi connectivity index (χ3n) is 4.70. The van der Waals surface area contributed by atoms with E-state index in [1.54, 1.807) is 6.20 Å². The Bertz CT molecular complexity index is 662. The Balaban J connectivity index is 0.00000261. The molecule has 2 aromatic rings. The molecule has 1 aliphatic heterocycles. The minimum atomic E-state index is 0. The Labute approximate surface area is 167 Å². The number of nitrogens with zero attached hydrogens (tertiary/aromatic N) is 2. The molecule has 5 nitrogen and oxygen atoms in total. The molecule has 1 aliphatic rings. The summed E-state index contributed by atoms with van der Waals surface area (Å²) in [4.78, 5) is 19.3. The summed E-state index contributed by atoms with van der Waals surface area (Å²) in [6, 6.07) is 16.0. The molecule has 0 saturated carbocycles. The molecule has 1 aromatic carbocycles. The van der Waals surface area contributed by atoms with Gasteiger partial charge in [-0.25, -0.2) is 0 Å². The van der Waals surface area contributed by atoms with Gasteiger partial charge in [0, 0.05) is 12.2 Å². The van der Waals surface area contributed by atoms with Gasteiger partial charge in [0.25, 0.3) is 0 Å². The molecule has 1 aromatic heterocycles. The Hall–Kier alpha value is -1.95. The van der Waals surface area contributed by atoms with Crippen LogP contribution in [0.5, 0.6) is 0 Å². The first-order chi connectivity index (χ1) is 12.8. The van der Waals surface area contributed by atoms with Crippen molar-refractivity contribution < 1.29 is 9.53 Å². The standard InChI is InChI=1S/C21H27N3O2.ClH/c25-21(17-26-16-18-7-2-1-3-8-18)24(15-19-9-4-5-13-23-19)20-10-6-12-22-14-11-20;/h1-5,7-9,13,20,22H,6,10-12,14-17H2;1H. The van der Waals surface area contributed by atoms with Crippen LogP contribution in [-0.4, -0.2) is 41.5 Å². The molecule has 0 aliphatic carbocycles. The van der Waals surface area contributed by atoms with Crippen molar-refractivity contribution in [3.8, 4) is 0 Å². The van der Waals surface area contributed by atoms with E-state index in [4.69, 9.17) is 4.74 Å². The molecule has 1 N–H and O–H groups in total. The molecule has 27 heavy (non-hydrogen) atoms. The number of amides is 1. The largest absolute Gasteiger partial charge is 0.367 e. The molecule has 2 heterocycles. The van der Waals surface area contributed by atoms with Gasteiger partial charge in [-0.3, -0.25) is 9.78 Å². The van der Waals surface area contributed by atoms with Gasteiger partial charge in [-0.15, -0.1) is 12.4 Å². The van der Waals surface area contributed by atoms with Crippen LogP contribution in [0.2, 0.25) is 0 Å². The van der Waals surface area contributed by atoms with Crippen LogP contribution in [0.4, 0.5) is 0 Å². The summed E-state index contributed by atoms with van der Waals surface area (Å²) in [5.41, 5.74) is 2.00. The minimum Gasteiger partial charge on any atom is -0.367 e. The number of halogens is 1. The normalized spacial score (nSPS) is 16.8. The second-order valence-electron chi connectivity index (χ2n) is 6.66. The molecule has 1 amide bonds. The van der Waals surface area contributed by atoms with Crippen LogP contribution >= 0.6 is 12.4 Å². The second kappa shape index (κ2) is 11.7. The molecule has 1 saturated heterocycles. The van der Waals surface area contributed by atoms with Crippen molar-refractivity contribution in [1.82, 2.24) is 15.2 Å². The van der Waals surface area contributed by atoms with Crippen LogP contribution < -0.4 is 5.32 Å². The van der Waals surface area contributed by atoms with Crippen LogP contribution in [0, 0.1) is 0 Å². The number of carbonyl (C=O) groups is 1. The fourth-order valence-electron chi connectivity index (χ4n) is 3.31. The van der Waals surface area contributed by atoms with Crippen molar-refractivity contribution >= 4 is 18.3 Å². The number of carbonyl (C=O) groups excluding carboxylic acids is 1. The zero-order valence-corrected chi connectivity index (χ0v) is 16.4. The zero-order valence-electron chi connectivity index (χ0n) is 15.5. The number of benzene rings is 1. The molecule has 3 rings (SSSR count). The lowest BCUT2D eigenvalue weighted by atomic mass is 10.1. The number of pyridine rings is 1. The summed E-state index contributed by atoms with van der Waals surface area (Å²) in [5.74, 6) is 0.0403. The van der Waals surface area contributed by atoms with Gasteiger partial charge in [-0.1, -0.05) is 36.4 Å². The molecular weight excluding hydrogens is 362 g/mol. The SMILES string of the molecule is Cl.O=C(COCc1ccccc1)N(Cc1ccccn1)C1CCCNCC1. The van der Waals surface area contributed by atoms with Crippen LogP contribution in [0.25, 0.3) is 0 Å². The molecule has 1 atom stereocenters. The first-order valence-electron chi connectivity index (χ1n) is 9.34. The number of ether oxygens (including phenoxy) is 1. The third kappa shape index (κ3) is 6.94. The van der Waals surface area contributed by atoms with Crippen LogP contribution in [0.3, 0.4) is 0 Å². The van der Waals surface area contributed by atoms with Gasteiger partial charge < -0.3 is 15.0 Å². The maximum absolute atomic E-state index is 12.9. The minimum absolute atomic E-state index is 0. The molecule has 0 spiro atoms. The van der Waals surface area contributed by atoms with Crippen molar-refractivity contribution in [2.75, 3.05) is 19.7 Å². The highest BCUT2D eigenvalue weighted by molar-refractivity contribution is 5.85. The predicted octanol–water partition coefficient (Wildman–Crippen LogP) is 3.19. The van der Waals surface area contributed by atoms with E-state index in [1.165, 1.54) is 0 Å². The summed E-state index contributed by atoms with van der Waals surface area (Å²) in [6.45, 7) is 3.06. The number of aromatic nitrogens is 1. The van der Waals surface area contributed by atoms with E-state index in [2.05, 4.69) is 10.3 Å².